The van der Waals surface area contributed by atoms with Gasteiger partial charge in [-0.05, 0) is 49.6 Å². The van der Waals surface area contributed by atoms with Gasteiger partial charge in [0.2, 0.25) is 5.91 Å². The fourth-order valence-corrected chi connectivity index (χ4v) is 3.63. The first-order chi connectivity index (χ1) is 13.4. The number of likely N-dealkylation sites (tertiary alicyclic amines) is 1. The van der Waals surface area contributed by atoms with Crippen molar-refractivity contribution in [2.24, 2.45) is 5.41 Å². The number of benzene rings is 2. The summed E-state index contributed by atoms with van der Waals surface area (Å²) in [5.74, 6) is -0.0740. The smallest absolute Gasteiger partial charge is 0.257 e. The summed E-state index contributed by atoms with van der Waals surface area (Å²) in [7, 11) is 1.53. The summed E-state index contributed by atoms with van der Waals surface area (Å²) in [6, 6.07) is 13.3. The van der Waals surface area contributed by atoms with E-state index in [4.69, 9.17) is 4.74 Å². The number of piperidine rings is 1. The number of nitrogens with one attached hydrogen (secondary N) is 1. The molecule has 1 aliphatic heterocycles. The second kappa shape index (κ2) is 8.42. The van der Waals surface area contributed by atoms with E-state index in [-0.39, 0.29) is 24.2 Å². The highest BCUT2D eigenvalue weighted by Crippen LogP contribution is 2.31. The minimum atomic E-state index is -0.691. The Balaban J connectivity index is 1.68. The van der Waals surface area contributed by atoms with Gasteiger partial charge in [0, 0.05) is 19.6 Å². The van der Waals surface area contributed by atoms with Crippen molar-refractivity contribution in [3.63, 3.8) is 0 Å². The van der Waals surface area contributed by atoms with E-state index in [1.807, 2.05) is 13.0 Å². The Morgan fingerprint density at radius 2 is 2.00 bits per heavy atom. The summed E-state index contributed by atoms with van der Waals surface area (Å²) >= 11 is 0. The molecule has 1 aliphatic rings. The van der Waals surface area contributed by atoms with Crippen molar-refractivity contribution in [3.8, 4) is 5.75 Å². The molecule has 1 atom stereocenters. The van der Waals surface area contributed by atoms with Crippen LogP contribution in [0.25, 0.3) is 0 Å². The first-order valence-electron chi connectivity index (χ1n) is 9.38. The van der Waals surface area contributed by atoms with E-state index in [0.717, 1.165) is 6.42 Å². The molecule has 1 heterocycles. The molecule has 148 valence electrons. The predicted molar refractivity (Wildman–Crippen MR) is 104 cm³/mol. The summed E-state index contributed by atoms with van der Waals surface area (Å²) in [6.07, 6.45) is 1.43. The van der Waals surface area contributed by atoms with Gasteiger partial charge in [-0.1, -0.05) is 24.3 Å². The molecule has 1 fully saturated rings. The molecular weight excluding hydrogens is 359 g/mol. The third-order valence-corrected chi connectivity index (χ3v) is 5.21. The van der Waals surface area contributed by atoms with Gasteiger partial charge in [-0.3, -0.25) is 9.59 Å². The van der Waals surface area contributed by atoms with E-state index >= 15 is 0 Å². The molecule has 5 nitrogen and oxygen atoms in total. The zero-order chi connectivity index (χ0) is 20.1. The molecule has 0 saturated carbocycles. The van der Waals surface area contributed by atoms with Gasteiger partial charge in [-0.2, -0.15) is 0 Å². The Labute approximate surface area is 164 Å². The average molecular weight is 384 g/mol. The second-order valence-corrected chi connectivity index (χ2v) is 7.40. The van der Waals surface area contributed by atoms with Gasteiger partial charge >= 0.3 is 0 Å². The number of nitrogens with zero attached hydrogens (tertiary/aromatic N) is 1. The number of hydrogen-bond acceptors (Lipinski definition) is 3. The summed E-state index contributed by atoms with van der Waals surface area (Å²) in [5, 5.41) is 2.89. The summed E-state index contributed by atoms with van der Waals surface area (Å²) in [5.41, 5.74) is 0.507. The Bertz CT molecular complexity index is 870. The van der Waals surface area contributed by atoms with Gasteiger partial charge < -0.3 is 15.0 Å². The molecule has 0 spiro atoms. The first kappa shape index (κ1) is 19.9. The van der Waals surface area contributed by atoms with Crippen LogP contribution >= 0.6 is 0 Å². The predicted octanol–water partition coefficient (Wildman–Crippen LogP) is 3.39. The number of rotatable bonds is 5. The zero-order valence-electron chi connectivity index (χ0n) is 16.2. The van der Waals surface area contributed by atoms with E-state index < -0.39 is 5.41 Å². The van der Waals surface area contributed by atoms with Crippen molar-refractivity contribution in [3.05, 3.63) is 65.5 Å². The SMILES string of the molecule is COc1ccccc1C(=O)N1CCCC(C)(C(=O)NCc2cccc(F)c2)C1. The molecular formula is C22H25FN2O3. The molecule has 3 rings (SSSR count). The van der Waals surface area contributed by atoms with Crippen LogP contribution in [0.1, 0.15) is 35.7 Å². The molecule has 2 aromatic carbocycles. The van der Waals surface area contributed by atoms with Gasteiger partial charge in [0.1, 0.15) is 11.6 Å². The minimum Gasteiger partial charge on any atom is -0.496 e. The Hall–Kier alpha value is -2.89. The summed E-state index contributed by atoms with van der Waals surface area (Å²) < 4.78 is 18.6. The minimum absolute atomic E-state index is 0.130. The van der Waals surface area contributed by atoms with E-state index in [0.29, 0.717) is 36.4 Å². The topological polar surface area (TPSA) is 58.6 Å². The van der Waals surface area contributed by atoms with E-state index in [1.165, 1.54) is 19.2 Å². The quantitative estimate of drug-likeness (QED) is 0.860. The Kier molecular flexibility index (Phi) is 5.97. The largest absolute Gasteiger partial charge is 0.496 e. The number of ether oxygens (including phenoxy) is 1. The van der Waals surface area contributed by atoms with Crippen LogP contribution in [0.15, 0.2) is 48.5 Å². The van der Waals surface area contributed by atoms with Gasteiger partial charge in [-0.25, -0.2) is 4.39 Å². The fourth-order valence-electron chi connectivity index (χ4n) is 3.63. The standard InChI is InChI=1S/C22H25FN2O3/c1-22(21(27)24-14-16-7-5-8-17(23)13-16)11-6-12-25(15-22)20(26)18-9-3-4-10-19(18)28-2/h3-5,7-10,13H,6,11-12,14-15H2,1-2H3,(H,24,27). The van der Waals surface area contributed by atoms with Gasteiger partial charge in [0.15, 0.2) is 0 Å². The van der Waals surface area contributed by atoms with Crippen molar-refractivity contribution in [1.29, 1.82) is 0 Å². The third-order valence-electron chi connectivity index (χ3n) is 5.21. The number of carbonyl (C=O) groups is 2. The maximum absolute atomic E-state index is 13.3. The average Bonchev–Trinajstić information content (AvgIpc) is 2.71. The van der Waals surface area contributed by atoms with Crippen molar-refractivity contribution in [1.82, 2.24) is 10.2 Å². The molecule has 0 bridgehead atoms. The lowest BCUT2D eigenvalue weighted by Gasteiger charge is -2.39. The van der Waals surface area contributed by atoms with Gasteiger partial charge in [0.05, 0.1) is 18.1 Å². The number of hydrogen-bond donors (Lipinski definition) is 1. The number of para-hydroxylation sites is 1. The highest BCUT2D eigenvalue weighted by atomic mass is 19.1. The van der Waals surface area contributed by atoms with Crippen molar-refractivity contribution >= 4 is 11.8 Å². The summed E-state index contributed by atoms with van der Waals surface area (Å²) in [4.78, 5) is 27.5. The molecule has 1 N–H and O–H groups in total. The molecule has 2 aromatic rings. The molecule has 6 heteroatoms. The molecule has 0 aromatic heterocycles. The van der Waals surface area contributed by atoms with Crippen LogP contribution < -0.4 is 10.1 Å². The molecule has 1 unspecified atom stereocenters. The van der Waals surface area contributed by atoms with Crippen LogP contribution in [0.5, 0.6) is 5.75 Å². The fraction of sp³-hybridized carbons (Fsp3) is 0.364. The van der Waals surface area contributed by atoms with Gasteiger partial charge in [-0.15, -0.1) is 0 Å². The van der Waals surface area contributed by atoms with E-state index in [9.17, 15) is 14.0 Å². The van der Waals surface area contributed by atoms with E-state index in [1.54, 1.807) is 35.2 Å². The molecule has 1 saturated heterocycles. The van der Waals surface area contributed by atoms with Crippen LogP contribution in [0.3, 0.4) is 0 Å². The molecule has 28 heavy (non-hydrogen) atoms. The van der Waals surface area contributed by atoms with Crippen molar-refractivity contribution < 1.29 is 18.7 Å². The first-order valence-corrected chi connectivity index (χ1v) is 9.38. The maximum Gasteiger partial charge on any atom is 0.257 e. The van der Waals surface area contributed by atoms with E-state index in [2.05, 4.69) is 5.32 Å². The number of amides is 2. The second-order valence-electron chi connectivity index (χ2n) is 7.40. The van der Waals surface area contributed by atoms with Crippen molar-refractivity contribution in [2.45, 2.75) is 26.3 Å². The summed E-state index contributed by atoms with van der Waals surface area (Å²) in [6.45, 7) is 3.06. The molecule has 0 aliphatic carbocycles. The Morgan fingerprint density at radius 1 is 1.21 bits per heavy atom. The third kappa shape index (κ3) is 4.32. The van der Waals surface area contributed by atoms with Crippen molar-refractivity contribution in [2.75, 3.05) is 20.2 Å². The van der Waals surface area contributed by atoms with Crippen LogP contribution in [-0.4, -0.2) is 36.9 Å². The molecule has 0 radical (unpaired) electrons. The number of carbonyl (C=O) groups excluding carboxylic acids is 2. The number of methoxy groups -OCH3 is 1. The lowest BCUT2D eigenvalue weighted by Crippen LogP contribution is -2.51. The number of halogens is 1. The Morgan fingerprint density at radius 3 is 2.75 bits per heavy atom. The normalized spacial score (nSPS) is 19.2. The highest BCUT2D eigenvalue weighted by Gasteiger charge is 2.39. The highest BCUT2D eigenvalue weighted by molar-refractivity contribution is 5.97. The van der Waals surface area contributed by atoms with Crippen LogP contribution in [0.4, 0.5) is 4.39 Å². The monoisotopic (exact) mass is 384 g/mol. The lowest BCUT2D eigenvalue weighted by atomic mass is 9.80. The van der Waals surface area contributed by atoms with Crippen LogP contribution in [-0.2, 0) is 11.3 Å². The zero-order valence-corrected chi connectivity index (χ0v) is 16.2. The molecule has 2 amide bonds. The maximum atomic E-state index is 13.3. The van der Waals surface area contributed by atoms with Crippen LogP contribution in [0.2, 0.25) is 0 Å². The van der Waals surface area contributed by atoms with Crippen LogP contribution in [0, 0.1) is 11.2 Å². The lowest BCUT2D eigenvalue weighted by molar-refractivity contribution is -0.132. The van der Waals surface area contributed by atoms with Gasteiger partial charge in [0.25, 0.3) is 5.91 Å².